The van der Waals surface area contributed by atoms with Gasteiger partial charge in [0, 0.05) is 18.3 Å². The summed E-state index contributed by atoms with van der Waals surface area (Å²) in [5.74, 6) is -0.226. The first-order valence-corrected chi connectivity index (χ1v) is 7.44. The summed E-state index contributed by atoms with van der Waals surface area (Å²) in [7, 11) is 1.56. The summed E-state index contributed by atoms with van der Waals surface area (Å²) in [6.07, 6.45) is 1.26. The van der Waals surface area contributed by atoms with Gasteiger partial charge in [-0.1, -0.05) is 32.4 Å². The van der Waals surface area contributed by atoms with E-state index in [9.17, 15) is 9.59 Å². The summed E-state index contributed by atoms with van der Waals surface area (Å²) in [6, 6.07) is 2.64. The van der Waals surface area contributed by atoms with Crippen molar-refractivity contribution in [3.8, 4) is 0 Å². The van der Waals surface area contributed by atoms with Crippen molar-refractivity contribution in [2.45, 2.75) is 39.7 Å². The number of hydrogen-bond acceptors (Lipinski definition) is 3. The molecular formula is C15H22ClN3O2. The molecule has 1 unspecified atom stereocenters. The first-order chi connectivity index (χ1) is 9.87. The third-order valence-electron chi connectivity index (χ3n) is 3.05. The van der Waals surface area contributed by atoms with Gasteiger partial charge >= 0.3 is 0 Å². The summed E-state index contributed by atoms with van der Waals surface area (Å²) < 4.78 is 0. The highest BCUT2D eigenvalue weighted by atomic mass is 35.5. The number of nitrogens with one attached hydrogen (secondary N) is 2. The van der Waals surface area contributed by atoms with Crippen LogP contribution in [0.5, 0.6) is 0 Å². The van der Waals surface area contributed by atoms with Crippen LogP contribution in [-0.4, -0.2) is 29.9 Å². The van der Waals surface area contributed by atoms with E-state index in [0.29, 0.717) is 24.3 Å². The highest BCUT2D eigenvalue weighted by molar-refractivity contribution is 6.29. The van der Waals surface area contributed by atoms with Gasteiger partial charge in [-0.2, -0.15) is 0 Å². The van der Waals surface area contributed by atoms with Gasteiger partial charge in [-0.25, -0.2) is 4.98 Å². The maximum Gasteiger partial charge on any atom is 0.252 e. The Kier molecular flexibility index (Phi) is 6.62. The SMILES string of the molecule is CCc1cc(C(=O)NC(CC(C)C)C(=O)NC)cc(Cl)n1. The molecule has 2 amide bonds. The van der Waals surface area contributed by atoms with Gasteiger partial charge in [-0.15, -0.1) is 0 Å². The second kappa shape index (κ2) is 7.98. The van der Waals surface area contributed by atoms with Crippen LogP contribution in [0.4, 0.5) is 0 Å². The average Bonchev–Trinajstić information content (AvgIpc) is 2.44. The van der Waals surface area contributed by atoms with Crippen molar-refractivity contribution >= 4 is 23.4 Å². The van der Waals surface area contributed by atoms with Gasteiger partial charge in [-0.3, -0.25) is 9.59 Å². The van der Waals surface area contributed by atoms with E-state index in [1.165, 1.54) is 6.07 Å². The van der Waals surface area contributed by atoms with E-state index in [-0.39, 0.29) is 17.0 Å². The quantitative estimate of drug-likeness (QED) is 0.791. The first kappa shape index (κ1) is 17.4. The van der Waals surface area contributed by atoms with Crippen LogP contribution in [0, 0.1) is 5.92 Å². The molecule has 2 N–H and O–H groups in total. The van der Waals surface area contributed by atoms with Crippen LogP contribution in [0.25, 0.3) is 0 Å². The van der Waals surface area contributed by atoms with Crippen LogP contribution in [0.2, 0.25) is 5.15 Å². The number of carbonyl (C=O) groups excluding carboxylic acids is 2. The van der Waals surface area contributed by atoms with E-state index < -0.39 is 6.04 Å². The summed E-state index contributed by atoms with van der Waals surface area (Å²) in [5.41, 5.74) is 1.16. The Balaban J connectivity index is 2.91. The van der Waals surface area contributed by atoms with Crippen LogP contribution in [0.1, 0.15) is 43.2 Å². The molecule has 1 aromatic heterocycles. The highest BCUT2D eigenvalue weighted by Crippen LogP contribution is 2.13. The summed E-state index contributed by atoms with van der Waals surface area (Å²) in [5, 5.41) is 5.60. The molecular weight excluding hydrogens is 290 g/mol. The second-order valence-electron chi connectivity index (χ2n) is 5.29. The Bertz CT molecular complexity index is 518. The number of aromatic nitrogens is 1. The Morgan fingerprint density at radius 1 is 1.33 bits per heavy atom. The van der Waals surface area contributed by atoms with E-state index in [2.05, 4.69) is 15.6 Å². The van der Waals surface area contributed by atoms with E-state index in [0.717, 1.165) is 5.69 Å². The molecule has 5 nitrogen and oxygen atoms in total. The molecule has 0 radical (unpaired) electrons. The third-order valence-corrected chi connectivity index (χ3v) is 3.24. The standard InChI is InChI=1S/C15H22ClN3O2/c1-5-11-7-10(8-13(16)18-11)14(20)19-12(6-9(2)3)15(21)17-4/h7-9,12H,5-6H2,1-4H3,(H,17,21)(H,19,20). The molecule has 0 aliphatic carbocycles. The molecule has 116 valence electrons. The Hall–Kier alpha value is -1.62. The maximum atomic E-state index is 12.3. The number of aryl methyl sites for hydroxylation is 1. The van der Waals surface area contributed by atoms with Crippen molar-refractivity contribution in [2.75, 3.05) is 7.05 Å². The molecule has 1 heterocycles. The number of hydrogen-bond donors (Lipinski definition) is 2. The minimum absolute atomic E-state index is 0.201. The fourth-order valence-corrected chi connectivity index (χ4v) is 2.21. The van der Waals surface area contributed by atoms with E-state index in [4.69, 9.17) is 11.6 Å². The topological polar surface area (TPSA) is 71.1 Å². The van der Waals surface area contributed by atoms with Crippen LogP contribution in [0.3, 0.4) is 0 Å². The summed E-state index contributed by atoms with van der Waals surface area (Å²) in [6.45, 7) is 5.94. The minimum Gasteiger partial charge on any atom is -0.357 e. The molecule has 0 saturated carbocycles. The maximum absolute atomic E-state index is 12.3. The minimum atomic E-state index is -0.556. The van der Waals surface area contributed by atoms with Crippen molar-refractivity contribution in [3.63, 3.8) is 0 Å². The van der Waals surface area contributed by atoms with Crippen molar-refractivity contribution in [1.29, 1.82) is 0 Å². The zero-order valence-electron chi connectivity index (χ0n) is 12.9. The average molecular weight is 312 g/mol. The lowest BCUT2D eigenvalue weighted by molar-refractivity contribution is -0.122. The molecule has 21 heavy (non-hydrogen) atoms. The van der Waals surface area contributed by atoms with Crippen molar-refractivity contribution in [2.24, 2.45) is 5.92 Å². The predicted octanol–water partition coefficient (Wildman–Crippen LogP) is 2.19. The zero-order valence-corrected chi connectivity index (χ0v) is 13.6. The van der Waals surface area contributed by atoms with Crippen LogP contribution >= 0.6 is 11.6 Å². The van der Waals surface area contributed by atoms with Crippen LogP contribution < -0.4 is 10.6 Å². The number of halogens is 1. The first-order valence-electron chi connectivity index (χ1n) is 7.06. The molecule has 1 atom stereocenters. The van der Waals surface area contributed by atoms with Gasteiger partial charge < -0.3 is 10.6 Å². The van der Waals surface area contributed by atoms with Gasteiger partial charge in [0.25, 0.3) is 5.91 Å². The number of likely N-dealkylation sites (N-methyl/N-ethyl adjacent to an activating group) is 1. The Labute approximate surface area is 130 Å². The van der Waals surface area contributed by atoms with E-state index in [1.54, 1.807) is 13.1 Å². The molecule has 1 aromatic rings. The molecule has 0 fully saturated rings. The lowest BCUT2D eigenvalue weighted by atomic mass is 10.0. The monoisotopic (exact) mass is 311 g/mol. The lowest BCUT2D eigenvalue weighted by Crippen LogP contribution is -2.46. The van der Waals surface area contributed by atoms with E-state index >= 15 is 0 Å². The second-order valence-corrected chi connectivity index (χ2v) is 5.68. The molecule has 0 saturated heterocycles. The van der Waals surface area contributed by atoms with Gasteiger partial charge in [0.05, 0.1) is 0 Å². The van der Waals surface area contributed by atoms with E-state index in [1.807, 2.05) is 20.8 Å². The largest absolute Gasteiger partial charge is 0.357 e. The number of amides is 2. The predicted molar refractivity (Wildman–Crippen MR) is 83.4 cm³/mol. The molecule has 0 aromatic carbocycles. The van der Waals surface area contributed by atoms with Crippen molar-refractivity contribution in [1.82, 2.24) is 15.6 Å². The van der Waals surface area contributed by atoms with Crippen molar-refractivity contribution in [3.05, 3.63) is 28.5 Å². The van der Waals surface area contributed by atoms with Crippen LogP contribution in [0.15, 0.2) is 12.1 Å². The fourth-order valence-electron chi connectivity index (χ4n) is 1.98. The molecule has 0 aliphatic rings. The number of rotatable bonds is 6. The highest BCUT2D eigenvalue weighted by Gasteiger charge is 2.21. The van der Waals surface area contributed by atoms with Crippen LogP contribution in [-0.2, 0) is 11.2 Å². The molecule has 0 spiro atoms. The Morgan fingerprint density at radius 3 is 2.52 bits per heavy atom. The van der Waals surface area contributed by atoms with Crippen molar-refractivity contribution < 1.29 is 9.59 Å². The molecule has 0 aliphatic heterocycles. The van der Waals surface area contributed by atoms with Gasteiger partial charge in [0.1, 0.15) is 11.2 Å². The van der Waals surface area contributed by atoms with Gasteiger partial charge in [0.15, 0.2) is 0 Å². The van der Waals surface area contributed by atoms with Gasteiger partial charge in [-0.05, 0) is 30.9 Å². The fraction of sp³-hybridized carbons (Fsp3) is 0.533. The third kappa shape index (κ3) is 5.34. The zero-order chi connectivity index (χ0) is 16.0. The summed E-state index contributed by atoms with van der Waals surface area (Å²) >= 11 is 5.91. The Morgan fingerprint density at radius 2 is 2.00 bits per heavy atom. The number of carbonyl (C=O) groups is 2. The molecule has 1 rings (SSSR count). The van der Waals surface area contributed by atoms with Gasteiger partial charge in [0.2, 0.25) is 5.91 Å². The lowest BCUT2D eigenvalue weighted by Gasteiger charge is -2.19. The normalized spacial score (nSPS) is 12.1. The summed E-state index contributed by atoms with van der Waals surface area (Å²) in [4.78, 5) is 28.3. The molecule has 0 bridgehead atoms. The number of pyridine rings is 1. The smallest absolute Gasteiger partial charge is 0.252 e. The molecule has 6 heteroatoms. The number of nitrogens with zero attached hydrogens (tertiary/aromatic N) is 1.